The SMILES string of the molecule is CCCOc1ncccc1CNc1ncnc2cc(Cl)ccc12. The normalized spacial score (nSPS) is 10.7. The number of fused-ring (bicyclic) bond motifs is 1. The van der Waals surface area contributed by atoms with Gasteiger partial charge in [-0.15, -0.1) is 0 Å². The number of benzene rings is 1. The summed E-state index contributed by atoms with van der Waals surface area (Å²) in [5.41, 5.74) is 1.80. The van der Waals surface area contributed by atoms with Gasteiger partial charge in [0, 0.05) is 28.7 Å². The molecule has 3 aromatic rings. The van der Waals surface area contributed by atoms with Crippen LogP contribution in [0.25, 0.3) is 10.9 Å². The van der Waals surface area contributed by atoms with Gasteiger partial charge in [-0.1, -0.05) is 24.6 Å². The Morgan fingerprint density at radius 3 is 2.96 bits per heavy atom. The maximum atomic E-state index is 6.01. The number of halogens is 1. The van der Waals surface area contributed by atoms with E-state index in [0.29, 0.717) is 24.1 Å². The van der Waals surface area contributed by atoms with Gasteiger partial charge in [-0.3, -0.25) is 0 Å². The van der Waals surface area contributed by atoms with Crippen molar-refractivity contribution in [2.24, 2.45) is 0 Å². The van der Waals surface area contributed by atoms with Crippen molar-refractivity contribution >= 4 is 28.3 Å². The van der Waals surface area contributed by atoms with Crippen LogP contribution in [-0.2, 0) is 6.54 Å². The van der Waals surface area contributed by atoms with Crippen molar-refractivity contribution in [3.05, 3.63) is 53.4 Å². The second kappa shape index (κ2) is 7.24. The number of nitrogens with one attached hydrogen (secondary N) is 1. The predicted molar refractivity (Wildman–Crippen MR) is 91.9 cm³/mol. The minimum Gasteiger partial charge on any atom is -0.477 e. The lowest BCUT2D eigenvalue weighted by Gasteiger charge is -2.12. The first-order valence-electron chi connectivity index (χ1n) is 7.48. The van der Waals surface area contributed by atoms with Gasteiger partial charge in [-0.2, -0.15) is 0 Å². The Hall–Kier alpha value is -2.40. The zero-order valence-corrected chi connectivity index (χ0v) is 13.5. The summed E-state index contributed by atoms with van der Waals surface area (Å²) in [7, 11) is 0. The van der Waals surface area contributed by atoms with Gasteiger partial charge in [0.05, 0.1) is 12.1 Å². The first-order valence-corrected chi connectivity index (χ1v) is 7.86. The van der Waals surface area contributed by atoms with Gasteiger partial charge >= 0.3 is 0 Å². The largest absolute Gasteiger partial charge is 0.477 e. The van der Waals surface area contributed by atoms with Crippen molar-refractivity contribution in [3.8, 4) is 5.88 Å². The first kappa shape index (κ1) is 15.5. The molecule has 0 radical (unpaired) electrons. The summed E-state index contributed by atoms with van der Waals surface area (Å²) in [6.45, 7) is 3.29. The number of anilines is 1. The minimum atomic E-state index is 0.571. The van der Waals surface area contributed by atoms with Crippen LogP contribution in [0.5, 0.6) is 5.88 Å². The summed E-state index contributed by atoms with van der Waals surface area (Å²) in [6, 6.07) is 9.46. The topological polar surface area (TPSA) is 59.9 Å². The second-order valence-electron chi connectivity index (χ2n) is 5.05. The van der Waals surface area contributed by atoms with Gasteiger partial charge in [0.15, 0.2) is 0 Å². The van der Waals surface area contributed by atoms with E-state index < -0.39 is 0 Å². The third-order valence-electron chi connectivity index (χ3n) is 3.34. The molecule has 118 valence electrons. The number of hydrogen-bond acceptors (Lipinski definition) is 5. The molecule has 0 amide bonds. The van der Waals surface area contributed by atoms with Crippen molar-refractivity contribution in [2.75, 3.05) is 11.9 Å². The standard InChI is InChI=1S/C17H17ClN4O/c1-2-8-23-17-12(4-3-7-19-17)10-20-16-14-6-5-13(18)9-15(14)21-11-22-16/h3-7,9,11H,2,8,10H2,1H3,(H,20,21,22). The first-order chi connectivity index (χ1) is 11.3. The molecule has 23 heavy (non-hydrogen) atoms. The Kier molecular flexibility index (Phi) is 4.88. The fourth-order valence-electron chi connectivity index (χ4n) is 2.24. The molecule has 1 aromatic carbocycles. The lowest BCUT2D eigenvalue weighted by Crippen LogP contribution is -2.06. The second-order valence-corrected chi connectivity index (χ2v) is 5.49. The molecule has 2 aromatic heterocycles. The Labute approximate surface area is 139 Å². The van der Waals surface area contributed by atoms with Crippen LogP contribution in [0.2, 0.25) is 5.02 Å². The molecule has 0 atom stereocenters. The highest BCUT2D eigenvalue weighted by Crippen LogP contribution is 2.24. The molecule has 1 N–H and O–H groups in total. The smallest absolute Gasteiger partial charge is 0.218 e. The zero-order valence-electron chi connectivity index (χ0n) is 12.8. The van der Waals surface area contributed by atoms with Crippen molar-refractivity contribution < 1.29 is 4.74 Å². The van der Waals surface area contributed by atoms with Gasteiger partial charge in [0.1, 0.15) is 12.1 Å². The Balaban J connectivity index is 1.81. The zero-order chi connectivity index (χ0) is 16.1. The number of hydrogen-bond donors (Lipinski definition) is 1. The number of nitrogens with zero attached hydrogens (tertiary/aromatic N) is 3. The third kappa shape index (κ3) is 3.68. The average molecular weight is 329 g/mol. The van der Waals surface area contributed by atoms with E-state index in [1.165, 1.54) is 6.33 Å². The molecule has 0 aliphatic carbocycles. The maximum Gasteiger partial charge on any atom is 0.218 e. The maximum absolute atomic E-state index is 6.01. The summed E-state index contributed by atoms with van der Waals surface area (Å²) in [4.78, 5) is 12.9. The van der Waals surface area contributed by atoms with E-state index >= 15 is 0 Å². The summed E-state index contributed by atoms with van der Waals surface area (Å²) in [5.74, 6) is 1.42. The fraction of sp³-hybridized carbons (Fsp3) is 0.235. The summed E-state index contributed by atoms with van der Waals surface area (Å²) in [5, 5.41) is 4.91. The van der Waals surface area contributed by atoms with Crippen molar-refractivity contribution in [3.63, 3.8) is 0 Å². The number of pyridine rings is 1. The van der Waals surface area contributed by atoms with Crippen molar-refractivity contribution in [1.29, 1.82) is 0 Å². The van der Waals surface area contributed by atoms with E-state index in [2.05, 4.69) is 27.2 Å². The highest BCUT2D eigenvalue weighted by molar-refractivity contribution is 6.31. The van der Waals surface area contributed by atoms with Crippen molar-refractivity contribution in [2.45, 2.75) is 19.9 Å². The van der Waals surface area contributed by atoms with E-state index in [1.807, 2.05) is 30.3 Å². The fourth-order valence-corrected chi connectivity index (χ4v) is 2.40. The van der Waals surface area contributed by atoms with Crippen molar-refractivity contribution in [1.82, 2.24) is 15.0 Å². The molecule has 0 saturated heterocycles. The molecule has 2 heterocycles. The van der Waals surface area contributed by atoms with Crippen LogP contribution in [0.15, 0.2) is 42.9 Å². The van der Waals surface area contributed by atoms with Crippen LogP contribution in [0.3, 0.4) is 0 Å². The number of ether oxygens (including phenoxy) is 1. The molecular weight excluding hydrogens is 312 g/mol. The molecule has 0 bridgehead atoms. The molecule has 3 rings (SSSR count). The van der Waals surface area contributed by atoms with E-state index in [1.54, 1.807) is 6.20 Å². The average Bonchev–Trinajstić information content (AvgIpc) is 2.58. The Morgan fingerprint density at radius 2 is 2.09 bits per heavy atom. The number of rotatable bonds is 6. The van der Waals surface area contributed by atoms with Crippen LogP contribution >= 0.6 is 11.6 Å². The summed E-state index contributed by atoms with van der Waals surface area (Å²) < 4.78 is 5.68. The van der Waals surface area contributed by atoms with Gasteiger partial charge in [-0.25, -0.2) is 15.0 Å². The molecule has 6 heteroatoms. The van der Waals surface area contributed by atoms with E-state index in [0.717, 1.165) is 28.7 Å². The molecular formula is C17H17ClN4O. The highest BCUT2D eigenvalue weighted by Gasteiger charge is 2.07. The van der Waals surface area contributed by atoms with Crippen LogP contribution in [-0.4, -0.2) is 21.6 Å². The Morgan fingerprint density at radius 1 is 1.17 bits per heavy atom. The van der Waals surface area contributed by atoms with Gasteiger partial charge in [-0.05, 0) is 30.7 Å². The van der Waals surface area contributed by atoms with Gasteiger partial charge in [0.25, 0.3) is 0 Å². The monoisotopic (exact) mass is 328 g/mol. The van der Waals surface area contributed by atoms with E-state index in [9.17, 15) is 0 Å². The molecule has 0 fully saturated rings. The quantitative estimate of drug-likeness (QED) is 0.738. The lowest BCUT2D eigenvalue weighted by molar-refractivity contribution is 0.302. The summed E-state index contributed by atoms with van der Waals surface area (Å²) >= 11 is 6.01. The molecule has 0 aliphatic rings. The predicted octanol–water partition coefficient (Wildman–Crippen LogP) is 4.08. The molecule has 0 saturated carbocycles. The molecule has 0 unspecified atom stereocenters. The number of aromatic nitrogens is 3. The van der Waals surface area contributed by atoms with E-state index in [-0.39, 0.29) is 0 Å². The Bertz CT molecular complexity index is 809. The van der Waals surface area contributed by atoms with Crippen LogP contribution in [0, 0.1) is 0 Å². The summed E-state index contributed by atoms with van der Waals surface area (Å²) in [6.07, 6.45) is 4.20. The lowest BCUT2D eigenvalue weighted by atomic mass is 10.2. The highest BCUT2D eigenvalue weighted by atomic mass is 35.5. The van der Waals surface area contributed by atoms with Gasteiger partial charge in [0.2, 0.25) is 5.88 Å². The van der Waals surface area contributed by atoms with Crippen LogP contribution in [0.4, 0.5) is 5.82 Å². The molecule has 5 nitrogen and oxygen atoms in total. The molecule has 0 aliphatic heterocycles. The van der Waals surface area contributed by atoms with Gasteiger partial charge < -0.3 is 10.1 Å². The minimum absolute atomic E-state index is 0.571. The van der Waals surface area contributed by atoms with Crippen LogP contribution < -0.4 is 10.1 Å². The van der Waals surface area contributed by atoms with Crippen LogP contribution in [0.1, 0.15) is 18.9 Å². The van der Waals surface area contributed by atoms with E-state index in [4.69, 9.17) is 16.3 Å². The molecule has 0 spiro atoms. The third-order valence-corrected chi connectivity index (χ3v) is 3.57.